The van der Waals surface area contributed by atoms with Crippen LogP contribution in [0.1, 0.15) is 45.6 Å². The van der Waals surface area contributed by atoms with Crippen LogP contribution in [0, 0.1) is 23.7 Å². The van der Waals surface area contributed by atoms with Gasteiger partial charge in [-0.1, -0.05) is 45.1 Å². The Kier molecular flexibility index (Phi) is 5.92. The highest BCUT2D eigenvalue weighted by atomic mass is 28.4. The summed E-state index contributed by atoms with van der Waals surface area (Å²) in [6.45, 7) is 19.6. The molecule has 176 valence electrons. The molecule has 1 heterocycles. The lowest BCUT2D eigenvalue weighted by Crippen LogP contribution is -2.44. The van der Waals surface area contributed by atoms with Gasteiger partial charge in [-0.3, -0.25) is 0 Å². The number of hydrogen-bond acceptors (Lipinski definition) is 4. The van der Waals surface area contributed by atoms with E-state index in [0.29, 0.717) is 29.9 Å². The van der Waals surface area contributed by atoms with Crippen molar-refractivity contribution in [1.29, 1.82) is 0 Å². The molecule has 1 saturated heterocycles. The van der Waals surface area contributed by atoms with Crippen molar-refractivity contribution in [3.05, 3.63) is 48.6 Å². The second-order valence-electron chi connectivity index (χ2n) is 11.6. The fraction of sp³-hybridized carbons (Fsp3) is 0.630. The number of methoxy groups -OCH3 is 1. The average molecular weight is 457 g/mol. The number of aliphatic hydroxyl groups is 1. The molecule has 32 heavy (non-hydrogen) atoms. The van der Waals surface area contributed by atoms with E-state index in [-0.39, 0.29) is 17.1 Å². The highest BCUT2D eigenvalue weighted by Gasteiger charge is 2.62. The maximum Gasteiger partial charge on any atom is 0.250 e. The van der Waals surface area contributed by atoms with Crippen LogP contribution in [0.4, 0.5) is 0 Å². The maximum atomic E-state index is 11.7. The van der Waals surface area contributed by atoms with Crippen LogP contribution in [0.15, 0.2) is 43.0 Å². The van der Waals surface area contributed by atoms with Gasteiger partial charge in [0.15, 0.2) is 11.5 Å². The topological polar surface area (TPSA) is 47.9 Å². The van der Waals surface area contributed by atoms with Gasteiger partial charge in [-0.15, -0.1) is 6.58 Å². The van der Waals surface area contributed by atoms with E-state index >= 15 is 0 Å². The third-order valence-electron chi connectivity index (χ3n) is 8.61. The third kappa shape index (κ3) is 3.86. The summed E-state index contributed by atoms with van der Waals surface area (Å²) >= 11 is 0. The normalized spacial score (nSPS) is 34.3. The number of allylic oxidation sites excluding steroid dienone is 2. The molecule has 3 aliphatic rings. The molecule has 1 N–H and O–H groups in total. The van der Waals surface area contributed by atoms with Gasteiger partial charge in [0.25, 0.3) is 8.32 Å². The zero-order chi connectivity index (χ0) is 23.5. The molecule has 1 unspecified atom stereocenters. The lowest BCUT2D eigenvalue weighted by atomic mass is 9.72. The Morgan fingerprint density at radius 1 is 1.28 bits per heavy atom. The van der Waals surface area contributed by atoms with Crippen molar-refractivity contribution in [2.24, 2.45) is 23.7 Å². The van der Waals surface area contributed by atoms with Crippen LogP contribution in [0.25, 0.3) is 0 Å². The molecular formula is C27H40O4Si. The van der Waals surface area contributed by atoms with Crippen molar-refractivity contribution in [3.63, 3.8) is 0 Å². The zero-order valence-corrected chi connectivity index (χ0v) is 21.6. The number of ether oxygens (including phenoxy) is 2. The summed E-state index contributed by atoms with van der Waals surface area (Å²) in [6, 6.07) is 6.04. The number of hydrogen-bond donors (Lipinski definition) is 1. The van der Waals surface area contributed by atoms with Crippen LogP contribution in [0.5, 0.6) is 11.5 Å². The Labute approximate surface area is 194 Å². The van der Waals surface area contributed by atoms with E-state index in [0.717, 1.165) is 30.6 Å². The predicted octanol–water partition coefficient (Wildman–Crippen LogP) is 6.11. The summed E-state index contributed by atoms with van der Waals surface area (Å²) < 4.78 is 18.6. The van der Waals surface area contributed by atoms with E-state index in [1.165, 1.54) is 5.57 Å². The Morgan fingerprint density at radius 2 is 2.00 bits per heavy atom. The molecule has 0 amide bonds. The molecule has 2 saturated carbocycles. The van der Waals surface area contributed by atoms with Crippen molar-refractivity contribution in [3.8, 4) is 11.5 Å². The summed E-state index contributed by atoms with van der Waals surface area (Å²) in [5.74, 6) is 1.54. The fourth-order valence-electron chi connectivity index (χ4n) is 5.90. The van der Waals surface area contributed by atoms with E-state index in [2.05, 4.69) is 53.1 Å². The molecule has 0 bridgehead atoms. The minimum atomic E-state index is -1.98. The molecule has 2 aliphatic carbocycles. The first kappa shape index (κ1) is 23.6. The first-order chi connectivity index (χ1) is 14.9. The Balaban J connectivity index is 1.58. The summed E-state index contributed by atoms with van der Waals surface area (Å²) in [5.41, 5.74) is 2.31. The van der Waals surface area contributed by atoms with Gasteiger partial charge in [-0.05, 0) is 66.9 Å². The molecule has 5 heteroatoms. The Morgan fingerprint density at radius 3 is 2.62 bits per heavy atom. The summed E-state index contributed by atoms with van der Waals surface area (Å²) in [7, 11) is -0.309. The van der Waals surface area contributed by atoms with E-state index < -0.39 is 14.1 Å². The van der Waals surface area contributed by atoms with Gasteiger partial charge in [0, 0.05) is 18.3 Å². The van der Waals surface area contributed by atoms with Crippen molar-refractivity contribution < 1.29 is 19.0 Å². The van der Waals surface area contributed by atoms with Gasteiger partial charge in [0.1, 0.15) is 5.75 Å². The van der Waals surface area contributed by atoms with E-state index in [1.807, 2.05) is 18.2 Å². The molecule has 3 fully saturated rings. The minimum absolute atomic E-state index is 0.102. The molecule has 6 atom stereocenters. The van der Waals surface area contributed by atoms with E-state index in [1.54, 1.807) is 7.11 Å². The summed E-state index contributed by atoms with van der Waals surface area (Å²) in [4.78, 5) is 0. The predicted molar refractivity (Wildman–Crippen MR) is 131 cm³/mol. The van der Waals surface area contributed by atoms with Crippen LogP contribution in [-0.4, -0.2) is 32.4 Å². The Bertz CT molecular complexity index is 901. The first-order valence-electron chi connectivity index (χ1n) is 12.0. The molecule has 4 nitrogen and oxygen atoms in total. The number of benzene rings is 1. The van der Waals surface area contributed by atoms with Gasteiger partial charge < -0.3 is 19.0 Å². The van der Waals surface area contributed by atoms with Gasteiger partial charge in [0.05, 0.1) is 13.2 Å². The maximum absolute atomic E-state index is 11.7. The lowest BCUT2D eigenvalue weighted by molar-refractivity contribution is -0.214. The van der Waals surface area contributed by atoms with Crippen molar-refractivity contribution in [2.75, 3.05) is 7.11 Å². The largest absolute Gasteiger partial charge is 0.541 e. The third-order valence-corrected chi connectivity index (χ3v) is 13.0. The first-order valence-corrected chi connectivity index (χ1v) is 14.9. The lowest BCUT2D eigenvalue weighted by Gasteiger charge is -2.37. The highest BCUT2D eigenvalue weighted by molar-refractivity contribution is 6.74. The standard InChI is InChI=1S/C27H40O4Si/c1-9-19-15-20-25-22(12-10-17(2)24(19)25)30-27(20,28)16-18-11-13-21(23(14-18)29-6)31-32(7,8)26(3,4)5/h9,11,13-14,19-20,22,24-25,28H,1-2,10,12,15-16H2,3-8H3/t19-,20-,22+,24+,25+,27?/m1/s1. The molecule has 4 rings (SSSR count). The van der Waals surface area contributed by atoms with Crippen molar-refractivity contribution >= 4 is 8.32 Å². The second-order valence-corrected chi connectivity index (χ2v) is 16.3. The monoisotopic (exact) mass is 456 g/mol. The van der Waals surface area contributed by atoms with Crippen LogP contribution in [-0.2, 0) is 11.2 Å². The van der Waals surface area contributed by atoms with Gasteiger partial charge in [-0.2, -0.15) is 0 Å². The highest BCUT2D eigenvalue weighted by Crippen LogP contribution is 2.60. The van der Waals surface area contributed by atoms with Crippen LogP contribution in [0.2, 0.25) is 18.1 Å². The molecule has 0 radical (unpaired) electrons. The van der Waals surface area contributed by atoms with Crippen LogP contribution >= 0.6 is 0 Å². The van der Waals surface area contributed by atoms with Crippen molar-refractivity contribution in [1.82, 2.24) is 0 Å². The number of rotatable bonds is 6. The van der Waals surface area contributed by atoms with Gasteiger partial charge in [-0.25, -0.2) is 0 Å². The average Bonchev–Trinajstić information content (AvgIpc) is 3.23. The van der Waals surface area contributed by atoms with Crippen LogP contribution < -0.4 is 9.16 Å². The summed E-state index contributed by atoms with van der Waals surface area (Å²) in [6.07, 6.45) is 5.46. The van der Waals surface area contributed by atoms with Crippen LogP contribution in [0.3, 0.4) is 0 Å². The summed E-state index contributed by atoms with van der Waals surface area (Å²) in [5, 5.41) is 11.8. The van der Waals surface area contributed by atoms with Crippen molar-refractivity contribution in [2.45, 2.75) is 76.5 Å². The van der Waals surface area contributed by atoms with E-state index in [4.69, 9.17) is 13.9 Å². The minimum Gasteiger partial charge on any atom is -0.541 e. The molecule has 1 aromatic carbocycles. The molecule has 1 aliphatic heterocycles. The molecule has 0 spiro atoms. The molecule has 1 aromatic rings. The van der Waals surface area contributed by atoms with Gasteiger partial charge in [0.2, 0.25) is 0 Å². The Hall–Kier alpha value is -1.56. The SMILES string of the molecule is C=C[C@@H]1C[C@@H]2[C@@H]3[C@H]1C(=C)CC[C@@H]3OC2(O)Cc1ccc(O[Si](C)(C)C(C)(C)C)c(OC)c1. The molecule has 0 aromatic heterocycles. The fourth-order valence-corrected chi connectivity index (χ4v) is 6.92. The second kappa shape index (κ2) is 8.03. The molecular weight excluding hydrogens is 416 g/mol. The zero-order valence-electron chi connectivity index (χ0n) is 20.6. The quantitative estimate of drug-likeness (QED) is 0.414. The van der Waals surface area contributed by atoms with Gasteiger partial charge >= 0.3 is 0 Å². The smallest absolute Gasteiger partial charge is 0.250 e. The van der Waals surface area contributed by atoms with E-state index in [9.17, 15) is 5.11 Å².